The summed E-state index contributed by atoms with van der Waals surface area (Å²) in [5, 5.41) is 6.10. The molecular formula is C21H24N2NiO4. The Morgan fingerprint density at radius 3 is 2.11 bits per heavy atom. The molecule has 2 aliphatic carbocycles. The number of allylic oxidation sites excluding steroid dienone is 10. The van der Waals surface area contributed by atoms with Crippen molar-refractivity contribution in [1.82, 2.24) is 10.6 Å². The predicted octanol–water partition coefficient (Wildman–Crippen LogP) is 2.03. The molecule has 0 saturated carbocycles. The maximum Gasteiger partial charge on any atom is 0.328 e. The zero-order valence-electron chi connectivity index (χ0n) is 15.6. The van der Waals surface area contributed by atoms with Crippen molar-refractivity contribution in [3.05, 3.63) is 72.2 Å². The molecule has 0 spiro atoms. The summed E-state index contributed by atoms with van der Waals surface area (Å²) in [6.45, 7) is 0.690. The van der Waals surface area contributed by atoms with Crippen molar-refractivity contribution in [3.8, 4) is 0 Å². The third-order valence-corrected chi connectivity index (χ3v) is 4.09. The van der Waals surface area contributed by atoms with E-state index in [9.17, 15) is 14.4 Å². The molecule has 0 aromatic carbocycles. The van der Waals surface area contributed by atoms with Gasteiger partial charge in [0, 0.05) is 46.6 Å². The van der Waals surface area contributed by atoms with Gasteiger partial charge in [-0.1, -0.05) is 24.3 Å². The van der Waals surface area contributed by atoms with Gasteiger partial charge in [0.2, 0.25) is 0 Å². The molecular weight excluding hydrogens is 403 g/mol. The van der Waals surface area contributed by atoms with Crippen LogP contribution in [0.3, 0.4) is 0 Å². The zero-order chi connectivity index (χ0) is 19.5. The molecule has 0 heterocycles. The van der Waals surface area contributed by atoms with Gasteiger partial charge in [-0.05, 0) is 43.6 Å². The quantitative estimate of drug-likeness (QED) is 0.254. The van der Waals surface area contributed by atoms with Gasteiger partial charge < -0.3 is 15.4 Å². The summed E-state index contributed by atoms with van der Waals surface area (Å²) in [5.74, 6) is -0.490. The Morgan fingerprint density at radius 1 is 0.964 bits per heavy atom. The van der Waals surface area contributed by atoms with Crippen LogP contribution in [0.5, 0.6) is 0 Å². The normalized spacial score (nSPS) is 18.9. The van der Waals surface area contributed by atoms with Gasteiger partial charge in [-0.3, -0.25) is 9.59 Å². The van der Waals surface area contributed by atoms with E-state index >= 15 is 0 Å². The van der Waals surface area contributed by atoms with Gasteiger partial charge in [0.15, 0.2) is 11.6 Å². The molecule has 2 aliphatic rings. The molecule has 0 aromatic heterocycles. The van der Waals surface area contributed by atoms with Crippen LogP contribution in [0.25, 0.3) is 0 Å². The third kappa shape index (κ3) is 7.53. The SMILES string of the molecule is COC(=O)C(CCCCNC=C1C=CC=CC1=O)NC=C1C=CC=CC1=O.[Ni]. The van der Waals surface area contributed by atoms with Crippen molar-refractivity contribution >= 4 is 17.5 Å². The summed E-state index contributed by atoms with van der Waals surface area (Å²) >= 11 is 0. The molecule has 1 atom stereocenters. The summed E-state index contributed by atoms with van der Waals surface area (Å²) < 4.78 is 4.82. The Kier molecular flexibility index (Phi) is 10.6. The van der Waals surface area contributed by atoms with Gasteiger partial charge in [0.05, 0.1) is 7.11 Å². The molecule has 0 aromatic rings. The topological polar surface area (TPSA) is 84.5 Å². The van der Waals surface area contributed by atoms with E-state index in [0.29, 0.717) is 24.1 Å². The summed E-state index contributed by atoms with van der Waals surface area (Å²) in [4.78, 5) is 35.2. The van der Waals surface area contributed by atoms with Gasteiger partial charge in [-0.2, -0.15) is 0 Å². The zero-order valence-corrected chi connectivity index (χ0v) is 16.6. The Balaban J connectivity index is 0.00000392. The van der Waals surface area contributed by atoms with Crippen molar-refractivity contribution in [3.63, 3.8) is 0 Å². The molecule has 0 bridgehead atoms. The second kappa shape index (κ2) is 12.7. The third-order valence-electron chi connectivity index (χ3n) is 4.09. The molecule has 0 fully saturated rings. The van der Waals surface area contributed by atoms with Crippen LogP contribution in [0, 0.1) is 0 Å². The Bertz CT molecular complexity index is 760. The Morgan fingerprint density at radius 2 is 1.54 bits per heavy atom. The smallest absolute Gasteiger partial charge is 0.328 e. The Labute approximate surface area is 175 Å². The number of esters is 1. The largest absolute Gasteiger partial charge is 0.467 e. The van der Waals surface area contributed by atoms with Crippen LogP contribution in [0.15, 0.2) is 72.2 Å². The van der Waals surface area contributed by atoms with E-state index in [0.717, 1.165) is 12.8 Å². The minimum Gasteiger partial charge on any atom is -0.467 e. The number of hydrogen-bond donors (Lipinski definition) is 2. The van der Waals surface area contributed by atoms with E-state index < -0.39 is 6.04 Å². The van der Waals surface area contributed by atoms with E-state index in [1.807, 2.05) is 6.08 Å². The van der Waals surface area contributed by atoms with Gasteiger partial charge in [-0.25, -0.2) is 4.79 Å². The summed E-state index contributed by atoms with van der Waals surface area (Å²) in [6.07, 6.45) is 18.9. The molecule has 2 N–H and O–H groups in total. The maximum absolute atomic E-state index is 11.9. The molecule has 2 rings (SSSR count). The van der Waals surface area contributed by atoms with Gasteiger partial charge in [-0.15, -0.1) is 0 Å². The minimum atomic E-state index is -0.513. The van der Waals surface area contributed by atoms with E-state index in [1.165, 1.54) is 19.3 Å². The number of ether oxygens (including phenoxy) is 1. The standard InChI is InChI=1S/C21H24N2O4.Ni/c1-27-21(26)18(23-15-17-9-3-5-12-20(17)25)10-6-7-13-22-14-16-8-2-4-11-19(16)24;/h2-5,8-9,11-12,14-15,18,22-23H,6-7,10,13H2,1H3;. The van der Waals surface area contributed by atoms with Crippen LogP contribution in [0.1, 0.15) is 19.3 Å². The van der Waals surface area contributed by atoms with Crippen LogP contribution in [0.4, 0.5) is 0 Å². The molecule has 0 saturated heterocycles. The van der Waals surface area contributed by atoms with Crippen molar-refractivity contribution in [2.45, 2.75) is 25.3 Å². The second-order valence-corrected chi connectivity index (χ2v) is 6.06. The van der Waals surface area contributed by atoms with E-state index in [1.54, 1.807) is 42.8 Å². The molecule has 7 heteroatoms. The van der Waals surface area contributed by atoms with Crippen LogP contribution in [-0.4, -0.2) is 37.2 Å². The fraction of sp³-hybridized carbons (Fsp3) is 0.286. The molecule has 1 unspecified atom stereocenters. The fourth-order valence-corrected chi connectivity index (χ4v) is 2.56. The Hall–Kier alpha value is -2.66. The first-order chi connectivity index (χ1) is 13.1. The molecule has 0 radical (unpaired) electrons. The number of ketones is 2. The molecule has 28 heavy (non-hydrogen) atoms. The molecule has 0 amide bonds. The van der Waals surface area contributed by atoms with Crippen LogP contribution in [-0.2, 0) is 35.6 Å². The van der Waals surface area contributed by atoms with Gasteiger partial charge in [0.1, 0.15) is 6.04 Å². The van der Waals surface area contributed by atoms with Gasteiger partial charge >= 0.3 is 5.97 Å². The van der Waals surface area contributed by atoms with Crippen LogP contribution < -0.4 is 10.6 Å². The number of carbonyl (C=O) groups excluding carboxylic acids is 3. The fourth-order valence-electron chi connectivity index (χ4n) is 2.56. The van der Waals surface area contributed by atoms with E-state index in [4.69, 9.17) is 4.74 Å². The maximum atomic E-state index is 11.9. The number of hydrogen-bond acceptors (Lipinski definition) is 6. The summed E-state index contributed by atoms with van der Waals surface area (Å²) in [7, 11) is 1.34. The van der Waals surface area contributed by atoms with Crippen molar-refractivity contribution < 1.29 is 35.6 Å². The second-order valence-electron chi connectivity index (χ2n) is 6.06. The number of methoxy groups -OCH3 is 1. The molecule has 0 aliphatic heterocycles. The summed E-state index contributed by atoms with van der Waals surface area (Å²) in [6, 6.07) is -0.513. The van der Waals surface area contributed by atoms with Crippen molar-refractivity contribution in [2.24, 2.45) is 0 Å². The van der Waals surface area contributed by atoms with Crippen molar-refractivity contribution in [2.75, 3.05) is 13.7 Å². The first-order valence-electron chi connectivity index (χ1n) is 8.87. The van der Waals surface area contributed by atoms with Crippen molar-refractivity contribution in [1.29, 1.82) is 0 Å². The van der Waals surface area contributed by atoms with Crippen LogP contribution >= 0.6 is 0 Å². The number of nitrogens with one attached hydrogen (secondary N) is 2. The van der Waals surface area contributed by atoms with Crippen LogP contribution in [0.2, 0.25) is 0 Å². The monoisotopic (exact) mass is 426 g/mol. The van der Waals surface area contributed by atoms with E-state index in [-0.39, 0.29) is 34.0 Å². The number of rotatable bonds is 9. The van der Waals surface area contributed by atoms with E-state index in [2.05, 4.69) is 10.6 Å². The minimum absolute atomic E-state index is 0. The number of unbranched alkanes of at least 4 members (excludes halogenated alkanes) is 1. The van der Waals surface area contributed by atoms with Gasteiger partial charge in [0.25, 0.3) is 0 Å². The summed E-state index contributed by atoms with van der Waals surface area (Å²) in [5.41, 5.74) is 1.12. The average molecular weight is 427 g/mol. The molecule has 152 valence electrons. The predicted molar refractivity (Wildman–Crippen MR) is 104 cm³/mol. The molecule has 6 nitrogen and oxygen atoms in total. The number of carbonyl (C=O) groups is 3. The average Bonchev–Trinajstić information content (AvgIpc) is 2.68. The first kappa shape index (κ1) is 23.4. The first-order valence-corrected chi connectivity index (χ1v) is 8.87.